The number of aromatic nitrogens is 1. The lowest BCUT2D eigenvalue weighted by Crippen LogP contribution is -2.51. The van der Waals surface area contributed by atoms with E-state index in [2.05, 4.69) is 50.5 Å². The molecule has 2 N–H and O–H groups in total. The molecule has 164 valence electrons. The molecular weight excluding hydrogens is 413 g/mol. The maximum absolute atomic E-state index is 13.4. The number of carbonyl (C=O) groups is 2. The molecule has 0 saturated carbocycles. The van der Waals surface area contributed by atoms with Crippen molar-refractivity contribution in [3.63, 3.8) is 0 Å². The summed E-state index contributed by atoms with van der Waals surface area (Å²) in [5.74, 6) is -0.688. The Balaban J connectivity index is 1.59. The Kier molecular flexibility index (Phi) is 5.37. The second-order valence-corrected chi connectivity index (χ2v) is 9.08. The van der Waals surface area contributed by atoms with Gasteiger partial charge >= 0.3 is 5.97 Å². The van der Waals surface area contributed by atoms with Crippen molar-refractivity contribution in [1.29, 1.82) is 0 Å². The van der Waals surface area contributed by atoms with Crippen LogP contribution < -0.4 is 5.32 Å². The first-order chi connectivity index (χ1) is 15.1. The Morgan fingerprint density at radius 2 is 2.16 bits per heavy atom. The highest BCUT2D eigenvalue weighted by molar-refractivity contribution is 7.25. The van der Waals surface area contributed by atoms with E-state index in [1.807, 2.05) is 6.07 Å². The Bertz CT molecular complexity index is 1080. The van der Waals surface area contributed by atoms with Crippen molar-refractivity contribution in [1.82, 2.24) is 14.8 Å². The maximum atomic E-state index is 13.4. The van der Waals surface area contributed by atoms with Crippen LogP contribution >= 0.6 is 9.03 Å². The quantitative estimate of drug-likeness (QED) is 0.673. The summed E-state index contributed by atoms with van der Waals surface area (Å²) in [6, 6.07) is 8.67. The highest BCUT2D eigenvalue weighted by Gasteiger charge is 2.50. The number of piperidine rings is 1. The number of rotatable bonds is 6. The van der Waals surface area contributed by atoms with Crippen LogP contribution in [0.4, 0.5) is 0 Å². The average Bonchev–Trinajstić information content (AvgIpc) is 3.13. The summed E-state index contributed by atoms with van der Waals surface area (Å²) in [5.41, 5.74) is 4.34. The number of benzene rings is 1. The molecular formula is C23H28N3O4P. The van der Waals surface area contributed by atoms with E-state index >= 15 is 0 Å². The van der Waals surface area contributed by atoms with E-state index in [-0.39, 0.29) is 24.3 Å². The molecule has 1 aromatic carbocycles. The molecule has 1 unspecified atom stereocenters. The minimum Gasteiger partial charge on any atom is -0.420 e. The summed E-state index contributed by atoms with van der Waals surface area (Å²) in [5, 5.41) is 4.14. The van der Waals surface area contributed by atoms with Gasteiger partial charge in [0, 0.05) is 29.6 Å². The van der Waals surface area contributed by atoms with E-state index < -0.39 is 15.0 Å². The number of nitrogens with zero attached hydrogens (tertiary/aromatic N) is 2. The van der Waals surface area contributed by atoms with Gasteiger partial charge in [-0.15, -0.1) is 0 Å². The van der Waals surface area contributed by atoms with Crippen molar-refractivity contribution in [3.8, 4) is 0 Å². The summed E-state index contributed by atoms with van der Waals surface area (Å²) in [4.78, 5) is 36.3. The molecule has 0 aliphatic carbocycles. The van der Waals surface area contributed by atoms with Crippen molar-refractivity contribution in [3.05, 3.63) is 41.6 Å². The smallest absolute Gasteiger partial charge is 0.312 e. The molecule has 5 rings (SSSR count). The van der Waals surface area contributed by atoms with Gasteiger partial charge in [-0.2, -0.15) is 0 Å². The minimum absolute atomic E-state index is 0.0342. The van der Waals surface area contributed by atoms with Crippen molar-refractivity contribution < 1.29 is 19.0 Å². The monoisotopic (exact) mass is 441 g/mol. The van der Waals surface area contributed by atoms with Gasteiger partial charge < -0.3 is 19.3 Å². The Hall–Kier alpha value is -2.21. The van der Waals surface area contributed by atoms with Crippen molar-refractivity contribution in [2.75, 3.05) is 19.6 Å². The van der Waals surface area contributed by atoms with Gasteiger partial charge in [-0.25, -0.2) is 0 Å². The number of hydrogen-bond acceptors (Lipinski definition) is 5. The van der Waals surface area contributed by atoms with Crippen LogP contribution in [0.3, 0.4) is 0 Å². The lowest BCUT2D eigenvalue weighted by Gasteiger charge is -2.53. The topological polar surface area (TPSA) is 83.8 Å². The standard InChI is InChI=1S/C23H28N3O4P/c1-2-23-10-5-12-25-13-9-16-15-6-3-4-7-17(15)26(20(16)21(23)25)18(14-23)22(28)24-11-8-19(27)30-31-29/h3-4,6-7,14,21,29,31H,2,5,8-13H2,1H3,(H,24,28)/t21-,23+/m1/s1. The van der Waals surface area contributed by atoms with Crippen molar-refractivity contribution >= 4 is 37.5 Å². The molecule has 3 aliphatic rings. The predicted molar refractivity (Wildman–Crippen MR) is 120 cm³/mol. The summed E-state index contributed by atoms with van der Waals surface area (Å²) in [6.45, 7) is 4.58. The number of nitrogens with one attached hydrogen (secondary N) is 1. The zero-order chi connectivity index (χ0) is 21.6. The zero-order valence-corrected chi connectivity index (χ0v) is 18.7. The Labute approximate surface area is 183 Å². The van der Waals surface area contributed by atoms with Crippen LogP contribution in [0.15, 0.2) is 30.3 Å². The van der Waals surface area contributed by atoms with Crippen LogP contribution in [0.25, 0.3) is 16.6 Å². The van der Waals surface area contributed by atoms with Crippen LogP contribution in [0.1, 0.15) is 49.9 Å². The van der Waals surface area contributed by atoms with E-state index in [4.69, 9.17) is 4.89 Å². The second kappa shape index (κ2) is 8.05. The molecule has 3 atom stereocenters. The first-order valence-electron chi connectivity index (χ1n) is 11.1. The van der Waals surface area contributed by atoms with Gasteiger partial charge in [-0.1, -0.05) is 25.1 Å². The minimum atomic E-state index is -0.867. The van der Waals surface area contributed by atoms with E-state index in [1.165, 1.54) is 16.6 Å². The zero-order valence-electron chi connectivity index (χ0n) is 17.7. The molecule has 0 radical (unpaired) electrons. The van der Waals surface area contributed by atoms with Crippen LogP contribution in [-0.4, -0.2) is 45.9 Å². The first kappa shape index (κ1) is 20.7. The highest BCUT2D eigenvalue weighted by Crippen LogP contribution is 2.56. The normalized spacial score (nSPS) is 24.8. The second-order valence-electron chi connectivity index (χ2n) is 8.70. The number of carbonyl (C=O) groups excluding carboxylic acids is 2. The molecule has 1 amide bonds. The molecule has 1 fully saturated rings. The summed E-state index contributed by atoms with van der Waals surface area (Å²) in [7, 11) is -0.867. The molecule has 0 spiro atoms. The number of hydrogen-bond donors (Lipinski definition) is 2. The van der Waals surface area contributed by atoms with Gasteiger partial charge in [0.1, 0.15) is 5.70 Å². The molecule has 1 aromatic heterocycles. The summed E-state index contributed by atoms with van der Waals surface area (Å²) < 4.78 is 6.75. The van der Waals surface area contributed by atoms with Crippen LogP contribution in [0.5, 0.6) is 0 Å². The highest BCUT2D eigenvalue weighted by atomic mass is 31.1. The van der Waals surface area contributed by atoms with E-state index in [0.717, 1.165) is 44.3 Å². The average molecular weight is 441 g/mol. The van der Waals surface area contributed by atoms with Gasteiger partial charge in [0.15, 0.2) is 0 Å². The molecule has 0 bridgehead atoms. The van der Waals surface area contributed by atoms with Crippen molar-refractivity contribution in [2.24, 2.45) is 5.41 Å². The molecule has 2 aromatic rings. The fraction of sp³-hybridized carbons (Fsp3) is 0.478. The first-order valence-corrected chi connectivity index (χ1v) is 11.9. The molecule has 3 aliphatic heterocycles. The maximum Gasteiger partial charge on any atom is 0.312 e. The van der Waals surface area contributed by atoms with Gasteiger partial charge in [0.05, 0.1) is 18.0 Å². The van der Waals surface area contributed by atoms with E-state index in [9.17, 15) is 9.59 Å². The molecule has 1 saturated heterocycles. The van der Waals surface area contributed by atoms with Gasteiger partial charge in [-0.05, 0) is 49.9 Å². The van der Waals surface area contributed by atoms with Gasteiger partial charge in [0.2, 0.25) is 9.03 Å². The van der Waals surface area contributed by atoms with Gasteiger partial charge in [-0.3, -0.25) is 14.5 Å². The third-order valence-electron chi connectivity index (χ3n) is 7.26. The number of para-hydroxylation sites is 1. The van der Waals surface area contributed by atoms with Crippen LogP contribution in [-0.2, 0) is 20.5 Å². The molecule has 4 heterocycles. The SMILES string of the molecule is CC[C@@]12C=C(C(=O)NCCC(=O)OPO)n3c4c(c5ccccc53)CCN(CCC1)[C@H]42. The fourth-order valence-corrected chi connectivity index (χ4v) is 6.12. The fourth-order valence-electron chi connectivity index (χ4n) is 5.92. The van der Waals surface area contributed by atoms with Gasteiger partial charge in [0.25, 0.3) is 5.91 Å². The third-order valence-corrected chi connectivity index (χ3v) is 7.57. The Morgan fingerprint density at radius 3 is 2.97 bits per heavy atom. The summed E-state index contributed by atoms with van der Waals surface area (Å²) in [6.07, 6.45) is 6.44. The number of amides is 1. The molecule has 31 heavy (non-hydrogen) atoms. The number of fused-ring (bicyclic) bond motifs is 3. The molecule has 7 nitrogen and oxygen atoms in total. The van der Waals surface area contributed by atoms with Crippen LogP contribution in [0, 0.1) is 5.41 Å². The van der Waals surface area contributed by atoms with E-state index in [1.54, 1.807) is 0 Å². The third kappa shape index (κ3) is 3.22. The predicted octanol–water partition coefficient (Wildman–Crippen LogP) is 3.14. The lowest BCUT2D eigenvalue weighted by molar-refractivity contribution is -0.133. The van der Waals surface area contributed by atoms with Crippen LogP contribution in [0.2, 0.25) is 0 Å². The van der Waals surface area contributed by atoms with E-state index in [0.29, 0.717) is 11.7 Å². The Morgan fingerprint density at radius 1 is 1.32 bits per heavy atom. The lowest BCUT2D eigenvalue weighted by atomic mass is 9.66. The largest absolute Gasteiger partial charge is 0.420 e. The molecule has 8 heteroatoms. The summed E-state index contributed by atoms with van der Waals surface area (Å²) >= 11 is 0. The van der Waals surface area contributed by atoms with Crippen molar-refractivity contribution in [2.45, 2.75) is 45.1 Å².